The van der Waals surface area contributed by atoms with Gasteiger partial charge >= 0.3 is 0 Å². The van der Waals surface area contributed by atoms with Crippen LogP contribution in [0.3, 0.4) is 0 Å². The van der Waals surface area contributed by atoms with E-state index < -0.39 is 23.3 Å². The smallest absolute Gasteiger partial charge is 0.135 e. The van der Waals surface area contributed by atoms with Crippen molar-refractivity contribution in [2.45, 2.75) is 13.1 Å². The summed E-state index contributed by atoms with van der Waals surface area (Å²) in [5, 5.41) is 0. The van der Waals surface area contributed by atoms with Crippen molar-refractivity contribution in [3.05, 3.63) is 77.3 Å². The number of nitrogens with two attached hydrogens (primary N) is 1. The third-order valence-electron chi connectivity index (χ3n) is 3.67. The number of aromatic nitrogens is 2. The number of benzene rings is 2. The van der Waals surface area contributed by atoms with Gasteiger partial charge in [0, 0.05) is 23.7 Å². The Labute approximate surface area is 135 Å². The highest BCUT2D eigenvalue weighted by Crippen LogP contribution is 2.26. The molecule has 124 valence electrons. The lowest BCUT2D eigenvalue weighted by atomic mass is 10.1. The number of hydrogen-bond acceptors (Lipinski definition) is 2. The molecular formula is C17H13F4N3. The van der Waals surface area contributed by atoms with Crippen molar-refractivity contribution >= 4 is 0 Å². The van der Waals surface area contributed by atoms with Crippen LogP contribution in [0, 0.1) is 23.3 Å². The lowest BCUT2D eigenvalue weighted by Crippen LogP contribution is -2.10. The van der Waals surface area contributed by atoms with E-state index in [0.29, 0.717) is 5.69 Å². The fourth-order valence-corrected chi connectivity index (χ4v) is 2.51. The van der Waals surface area contributed by atoms with Gasteiger partial charge < -0.3 is 10.3 Å². The second kappa shape index (κ2) is 6.45. The van der Waals surface area contributed by atoms with Crippen molar-refractivity contribution in [3.8, 4) is 11.3 Å². The molecular weight excluding hydrogens is 322 g/mol. The fourth-order valence-electron chi connectivity index (χ4n) is 2.51. The Morgan fingerprint density at radius 3 is 2.33 bits per heavy atom. The monoisotopic (exact) mass is 335 g/mol. The van der Waals surface area contributed by atoms with Gasteiger partial charge in [0.25, 0.3) is 0 Å². The molecule has 3 aromatic rings. The Morgan fingerprint density at radius 1 is 0.917 bits per heavy atom. The molecule has 2 N–H and O–H groups in total. The third-order valence-corrected chi connectivity index (χ3v) is 3.67. The molecule has 0 unspecified atom stereocenters. The summed E-state index contributed by atoms with van der Waals surface area (Å²) < 4.78 is 55.6. The molecule has 0 aliphatic carbocycles. The van der Waals surface area contributed by atoms with Crippen molar-refractivity contribution in [2.24, 2.45) is 5.73 Å². The van der Waals surface area contributed by atoms with Crippen LogP contribution in [0.1, 0.15) is 11.3 Å². The zero-order valence-electron chi connectivity index (χ0n) is 12.4. The lowest BCUT2D eigenvalue weighted by Gasteiger charge is -2.10. The zero-order valence-corrected chi connectivity index (χ0v) is 12.4. The van der Waals surface area contributed by atoms with Crippen molar-refractivity contribution in [3.63, 3.8) is 0 Å². The van der Waals surface area contributed by atoms with Crippen molar-refractivity contribution in [1.29, 1.82) is 0 Å². The molecule has 0 spiro atoms. The first-order chi connectivity index (χ1) is 11.5. The van der Waals surface area contributed by atoms with Gasteiger partial charge in [0.15, 0.2) is 0 Å². The molecule has 0 bridgehead atoms. The number of imidazole rings is 1. The van der Waals surface area contributed by atoms with Crippen LogP contribution in [-0.2, 0) is 13.1 Å². The van der Waals surface area contributed by atoms with E-state index in [0.717, 1.165) is 30.3 Å². The highest BCUT2D eigenvalue weighted by molar-refractivity contribution is 5.62. The first kappa shape index (κ1) is 16.2. The van der Waals surface area contributed by atoms with E-state index in [1.54, 1.807) is 0 Å². The van der Waals surface area contributed by atoms with E-state index in [1.165, 1.54) is 17.0 Å². The summed E-state index contributed by atoms with van der Waals surface area (Å²) in [7, 11) is 0. The van der Waals surface area contributed by atoms with E-state index >= 15 is 0 Å². The SMILES string of the molecule is NCc1c(-c2ccc(F)cc2F)ncn1Cc1cc(F)ccc1F. The van der Waals surface area contributed by atoms with Crippen molar-refractivity contribution in [1.82, 2.24) is 9.55 Å². The van der Waals surface area contributed by atoms with Crippen LogP contribution in [0.5, 0.6) is 0 Å². The third kappa shape index (κ3) is 3.03. The largest absolute Gasteiger partial charge is 0.328 e. The predicted molar refractivity (Wildman–Crippen MR) is 80.9 cm³/mol. The normalized spacial score (nSPS) is 11.0. The number of hydrogen-bond donors (Lipinski definition) is 1. The average molecular weight is 335 g/mol. The maximum absolute atomic E-state index is 14.0. The number of halogens is 4. The maximum Gasteiger partial charge on any atom is 0.135 e. The Kier molecular flexibility index (Phi) is 4.35. The second-order valence-electron chi connectivity index (χ2n) is 5.23. The molecule has 3 rings (SSSR count). The molecule has 0 radical (unpaired) electrons. The predicted octanol–water partition coefficient (Wildman–Crippen LogP) is 3.61. The van der Waals surface area contributed by atoms with E-state index in [2.05, 4.69) is 4.98 Å². The molecule has 2 aromatic carbocycles. The molecule has 0 aliphatic heterocycles. The van der Waals surface area contributed by atoms with Crippen LogP contribution in [0.15, 0.2) is 42.7 Å². The molecule has 0 atom stereocenters. The van der Waals surface area contributed by atoms with Crippen LogP contribution < -0.4 is 5.73 Å². The Morgan fingerprint density at radius 2 is 1.62 bits per heavy atom. The van der Waals surface area contributed by atoms with Gasteiger partial charge in [-0.05, 0) is 30.3 Å². The molecule has 0 fully saturated rings. The summed E-state index contributed by atoms with van der Waals surface area (Å²) in [5.74, 6) is -2.60. The lowest BCUT2D eigenvalue weighted by molar-refractivity contribution is 0.574. The summed E-state index contributed by atoms with van der Waals surface area (Å²) in [6.45, 7) is -0.00494. The van der Waals surface area contributed by atoms with Gasteiger partial charge in [-0.3, -0.25) is 0 Å². The molecule has 0 saturated carbocycles. The fraction of sp³-hybridized carbons (Fsp3) is 0.118. The molecule has 1 aromatic heterocycles. The van der Waals surface area contributed by atoms with E-state index in [-0.39, 0.29) is 29.9 Å². The Balaban J connectivity index is 2.02. The highest BCUT2D eigenvalue weighted by Gasteiger charge is 2.17. The summed E-state index contributed by atoms with van der Waals surface area (Å²) in [6.07, 6.45) is 1.37. The van der Waals surface area contributed by atoms with Crippen LogP contribution in [0.25, 0.3) is 11.3 Å². The van der Waals surface area contributed by atoms with Crippen LogP contribution in [0.2, 0.25) is 0 Å². The zero-order chi connectivity index (χ0) is 17.3. The van der Waals surface area contributed by atoms with E-state index in [1.807, 2.05) is 0 Å². The van der Waals surface area contributed by atoms with Gasteiger partial charge in [-0.15, -0.1) is 0 Å². The van der Waals surface area contributed by atoms with Gasteiger partial charge in [-0.2, -0.15) is 0 Å². The maximum atomic E-state index is 14.0. The Bertz CT molecular complexity index is 890. The molecule has 7 heteroatoms. The van der Waals surface area contributed by atoms with Crippen LogP contribution >= 0.6 is 0 Å². The van der Waals surface area contributed by atoms with E-state index in [9.17, 15) is 17.6 Å². The summed E-state index contributed by atoms with van der Waals surface area (Å²) in [4.78, 5) is 4.10. The van der Waals surface area contributed by atoms with Crippen molar-refractivity contribution in [2.75, 3.05) is 0 Å². The quantitative estimate of drug-likeness (QED) is 0.740. The minimum Gasteiger partial charge on any atom is -0.328 e. The molecule has 0 aliphatic rings. The van der Waals surface area contributed by atoms with Gasteiger partial charge in [-0.1, -0.05) is 0 Å². The van der Waals surface area contributed by atoms with Gasteiger partial charge in [0.2, 0.25) is 0 Å². The highest BCUT2D eigenvalue weighted by atomic mass is 19.1. The average Bonchev–Trinajstić information content (AvgIpc) is 2.93. The van der Waals surface area contributed by atoms with Crippen molar-refractivity contribution < 1.29 is 17.6 Å². The Hall–Kier alpha value is -2.67. The molecule has 0 saturated heterocycles. The van der Waals surface area contributed by atoms with Crippen LogP contribution in [0.4, 0.5) is 17.6 Å². The van der Waals surface area contributed by atoms with Crippen LogP contribution in [-0.4, -0.2) is 9.55 Å². The first-order valence-electron chi connectivity index (χ1n) is 7.13. The van der Waals surface area contributed by atoms with Gasteiger partial charge in [0.1, 0.15) is 23.3 Å². The summed E-state index contributed by atoms with van der Waals surface area (Å²) in [5.41, 5.74) is 6.60. The molecule has 24 heavy (non-hydrogen) atoms. The topological polar surface area (TPSA) is 43.8 Å². The minimum absolute atomic E-state index is 0.00306. The summed E-state index contributed by atoms with van der Waals surface area (Å²) >= 11 is 0. The molecule has 1 heterocycles. The first-order valence-corrected chi connectivity index (χ1v) is 7.13. The van der Waals surface area contributed by atoms with Gasteiger partial charge in [0.05, 0.1) is 24.3 Å². The standard InChI is InChI=1S/C17H13F4N3/c18-11-2-4-14(20)10(5-11)8-24-9-23-17(16(24)7-22)13-3-1-12(19)6-15(13)21/h1-6,9H,7-8,22H2. The summed E-state index contributed by atoms with van der Waals surface area (Å²) in [6, 6.07) is 6.26. The number of nitrogens with zero attached hydrogens (tertiary/aromatic N) is 2. The number of rotatable bonds is 4. The molecule has 3 nitrogen and oxygen atoms in total. The van der Waals surface area contributed by atoms with Gasteiger partial charge in [-0.25, -0.2) is 22.5 Å². The van der Waals surface area contributed by atoms with E-state index in [4.69, 9.17) is 5.73 Å². The molecule has 0 amide bonds. The minimum atomic E-state index is -0.771. The second-order valence-corrected chi connectivity index (χ2v) is 5.23.